The molecule has 2 N–H and O–H groups in total. The first-order chi connectivity index (χ1) is 7.02. The summed E-state index contributed by atoms with van der Waals surface area (Å²) in [4.78, 5) is 0. The van der Waals surface area contributed by atoms with Gasteiger partial charge >= 0.3 is 0 Å². The average Bonchev–Trinajstić information content (AvgIpc) is 2.13. The lowest BCUT2D eigenvalue weighted by atomic mass is 9.82. The summed E-state index contributed by atoms with van der Waals surface area (Å²) < 4.78 is 0. The van der Waals surface area contributed by atoms with E-state index in [0.717, 1.165) is 19.4 Å². The summed E-state index contributed by atoms with van der Waals surface area (Å²) >= 11 is 2.06. The molecule has 0 amide bonds. The van der Waals surface area contributed by atoms with Crippen LogP contribution in [0.3, 0.4) is 0 Å². The highest BCUT2D eigenvalue weighted by molar-refractivity contribution is 7.99. The van der Waals surface area contributed by atoms with Crippen LogP contribution >= 0.6 is 11.8 Å². The molecule has 1 saturated heterocycles. The van der Waals surface area contributed by atoms with Crippen molar-refractivity contribution in [1.29, 1.82) is 0 Å². The maximum Gasteiger partial charge on any atom is 0.0512 e. The molecular formula is C12H25NOS. The molecule has 3 heteroatoms. The Morgan fingerprint density at radius 2 is 2.27 bits per heavy atom. The van der Waals surface area contributed by atoms with Crippen molar-refractivity contribution in [2.45, 2.75) is 52.2 Å². The third-order valence-electron chi connectivity index (χ3n) is 3.31. The molecule has 2 unspecified atom stereocenters. The predicted octanol–water partition coefficient (Wildman–Crippen LogP) is 2.27. The van der Waals surface area contributed by atoms with E-state index in [1.54, 1.807) is 0 Å². The lowest BCUT2D eigenvalue weighted by Crippen LogP contribution is -2.46. The van der Waals surface area contributed by atoms with E-state index in [0.29, 0.717) is 11.5 Å². The number of hydrogen-bond donors (Lipinski definition) is 2. The Bertz CT molecular complexity index is 182. The van der Waals surface area contributed by atoms with Crippen LogP contribution in [0.2, 0.25) is 0 Å². The fraction of sp³-hybridized carbons (Fsp3) is 1.00. The smallest absolute Gasteiger partial charge is 0.0512 e. The Labute approximate surface area is 98.2 Å². The normalized spacial score (nSPS) is 27.6. The number of aliphatic hydroxyl groups excluding tert-OH is 1. The second-order valence-corrected chi connectivity index (χ2v) is 6.46. The maximum absolute atomic E-state index is 9.16. The molecular weight excluding hydrogens is 206 g/mol. The van der Waals surface area contributed by atoms with Gasteiger partial charge in [0.2, 0.25) is 0 Å². The van der Waals surface area contributed by atoms with Gasteiger partial charge in [0.15, 0.2) is 0 Å². The molecule has 0 aromatic carbocycles. The van der Waals surface area contributed by atoms with Crippen molar-refractivity contribution in [2.24, 2.45) is 5.41 Å². The molecule has 0 aliphatic carbocycles. The van der Waals surface area contributed by atoms with Crippen molar-refractivity contribution >= 4 is 11.8 Å². The number of thioether (sulfide) groups is 1. The lowest BCUT2D eigenvalue weighted by molar-refractivity contribution is 0.178. The highest BCUT2D eigenvalue weighted by atomic mass is 32.2. The number of rotatable bonds is 5. The first kappa shape index (κ1) is 13.3. The lowest BCUT2D eigenvalue weighted by Gasteiger charge is -2.39. The zero-order chi connectivity index (χ0) is 11.3. The van der Waals surface area contributed by atoms with Crippen molar-refractivity contribution in [1.82, 2.24) is 5.32 Å². The van der Waals surface area contributed by atoms with Crippen LogP contribution in [0.1, 0.15) is 40.0 Å². The Morgan fingerprint density at radius 3 is 2.87 bits per heavy atom. The third-order valence-corrected chi connectivity index (χ3v) is 4.37. The van der Waals surface area contributed by atoms with Crippen LogP contribution in [-0.2, 0) is 0 Å². The largest absolute Gasteiger partial charge is 0.393 e. The number of nitrogens with one attached hydrogen (secondary N) is 1. The van der Waals surface area contributed by atoms with Gasteiger partial charge in [-0.3, -0.25) is 0 Å². The van der Waals surface area contributed by atoms with Gasteiger partial charge < -0.3 is 10.4 Å². The molecule has 0 bridgehead atoms. The molecule has 0 spiro atoms. The summed E-state index contributed by atoms with van der Waals surface area (Å²) in [7, 11) is 0. The van der Waals surface area contributed by atoms with E-state index in [2.05, 4.69) is 30.9 Å². The molecule has 1 aliphatic rings. The summed E-state index contributed by atoms with van der Waals surface area (Å²) in [5, 5.41) is 12.8. The predicted molar refractivity (Wildman–Crippen MR) is 68.4 cm³/mol. The quantitative estimate of drug-likeness (QED) is 0.712. The fourth-order valence-electron chi connectivity index (χ4n) is 1.95. The van der Waals surface area contributed by atoms with Crippen LogP contribution in [-0.4, -0.2) is 35.3 Å². The first-order valence-electron chi connectivity index (χ1n) is 6.01. The minimum Gasteiger partial charge on any atom is -0.393 e. The molecule has 2 atom stereocenters. The molecule has 0 aromatic heterocycles. The van der Waals surface area contributed by atoms with Crippen molar-refractivity contribution in [3.63, 3.8) is 0 Å². The van der Waals surface area contributed by atoms with Crippen molar-refractivity contribution in [3.8, 4) is 0 Å². The monoisotopic (exact) mass is 231 g/mol. The molecule has 90 valence electrons. The highest BCUT2D eigenvalue weighted by Gasteiger charge is 2.31. The number of aliphatic hydroxyl groups is 1. The van der Waals surface area contributed by atoms with Crippen LogP contribution in [0.5, 0.6) is 0 Å². The summed E-state index contributed by atoms with van der Waals surface area (Å²) in [5.41, 5.74) is 0.441. The van der Waals surface area contributed by atoms with E-state index >= 15 is 0 Å². The average molecular weight is 231 g/mol. The molecule has 0 aromatic rings. The van der Waals surface area contributed by atoms with Crippen LogP contribution in [0.15, 0.2) is 0 Å². The zero-order valence-electron chi connectivity index (χ0n) is 10.3. The van der Waals surface area contributed by atoms with Gasteiger partial charge in [-0.1, -0.05) is 13.8 Å². The molecule has 0 saturated carbocycles. The van der Waals surface area contributed by atoms with Gasteiger partial charge in [0.25, 0.3) is 0 Å². The van der Waals surface area contributed by atoms with Gasteiger partial charge in [0.1, 0.15) is 0 Å². The van der Waals surface area contributed by atoms with Crippen molar-refractivity contribution in [3.05, 3.63) is 0 Å². The second kappa shape index (κ2) is 6.12. The summed E-state index contributed by atoms with van der Waals surface area (Å²) in [6, 6.07) is 0.644. The van der Waals surface area contributed by atoms with Crippen molar-refractivity contribution in [2.75, 3.05) is 18.1 Å². The highest BCUT2D eigenvalue weighted by Crippen LogP contribution is 2.33. The van der Waals surface area contributed by atoms with E-state index in [-0.39, 0.29) is 6.10 Å². The molecule has 0 radical (unpaired) electrons. The summed E-state index contributed by atoms with van der Waals surface area (Å²) in [5.74, 6) is 2.54. The Balaban J connectivity index is 2.19. The van der Waals surface area contributed by atoms with E-state index in [9.17, 15) is 0 Å². The van der Waals surface area contributed by atoms with Crippen LogP contribution in [0.25, 0.3) is 0 Å². The van der Waals surface area contributed by atoms with E-state index < -0.39 is 0 Å². The van der Waals surface area contributed by atoms with Crippen LogP contribution < -0.4 is 5.32 Å². The minimum absolute atomic E-state index is 0.152. The van der Waals surface area contributed by atoms with E-state index in [4.69, 9.17) is 5.11 Å². The molecule has 15 heavy (non-hydrogen) atoms. The topological polar surface area (TPSA) is 32.3 Å². The molecule has 1 rings (SSSR count). The standard InChI is InChI=1S/C12H25NOS/c1-10(14)5-4-7-13-11-9-15-8-6-12(11,2)3/h10-11,13-14H,4-9H2,1-3H3. The van der Waals surface area contributed by atoms with E-state index in [1.807, 2.05) is 6.92 Å². The second-order valence-electron chi connectivity index (χ2n) is 5.31. The zero-order valence-corrected chi connectivity index (χ0v) is 11.1. The summed E-state index contributed by atoms with van der Waals surface area (Å²) in [6.45, 7) is 7.62. The minimum atomic E-state index is -0.152. The molecule has 1 aliphatic heterocycles. The molecule has 1 fully saturated rings. The van der Waals surface area contributed by atoms with Crippen molar-refractivity contribution < 1.29 is 5.11 Å². The van der Waals surface area contributed by atoms with Gasteiger partial charge in [-0.15, -0.1) is 0 Å². The van der Waals surface area contributed by atoms with Crippen LogP contribution in [0, 0.1) is 5.41 Å². The van der Waals surface area contributed by atoms with Crippen LogP contribution in [0.4, 0.5) is 0 Å². The Hall–Kier alpha value is 0.270. The maximum atomic E-state index is 9.16. The molecule has 2 nitrogen and oxygen atoms in total. The number of hydrogen-bond acceptors (Lipinski definition) is 3. The van der Waals surface area contributed by atoms with Gasteiger partial charge in [-0.25, -0.2) is 0 Å². The SMILES string of the molecule is CC(O)CCCNC1CSCCC1(C)C. The summed E-state index contributed by atoms with van der Waals surface area (Å²) in [6.07, 6.45) is 3.15. The van der Waals surface area contributed by atoms with Gasteiger partial charge in [-0.2, -0.15) is 11.8 Å². The van der Waals surface area contributed by atoms with Gasteiger partial charge in [0, 0.05) is 11.8 Å². The first-order valence-corrected chi connectivity index (χ1v) is 7.17. The van der Waals surface area contributed by atoms with Gasteiger partial charge in [-0.05, 0) is 43.9 Å². The fourth-order valence-corrected chi connectivity index (χ4v) is 3.59. The Kier molecular flexibility index (Phi) is 5.44. The third kappa shape index (κ3) is 4.75. The molecule has 1 heterocycles. The Morgan fingerprint density at radius 1 is 1.53 bits per heavy atom. The van der Waals surface area contributed by atoms with Gasteiger partial charge in [0.05, 0.1) is 6.10 Å². The van der Waals surface area contributed by atoms with E-state index in [1.165, 1.54) is 17.9 Å².